The second kappa shape index (κ2) is 31.9. The van der Waals surface area contributed by atoms with Crippen molar-refractivity contribution in [2.24, 2.45) is 0 Å². The van der Waals surface area contributed by atoms with Crippen LogP contribution in [-0.4, -0.2) is 29.9 Å². The topological polar surface area (TPSA) is 77.3 Å². The van der Waals surface area contributed by atoms with Crippen molar-refractivity contribution in [3.05, 3.63) is 423 Å². The summed E-state index contributed by atoms with van der Waals surface area (Å²) in [5.74, 6) is 3.88. The molecular weight excluding hydrogens is 1450 g/mol. The van der Waals surface area contributed by atoms with Crippen LogP contribution in [0.15, 0.2) is 400 Å². The molecule has 2 saturated carbocycles. The van der Waals surface area contributed by atoms with Gasteiger partial charge in [-0.15, -0.1) is 0 Å². The maximum Gasteiger partial charge on any atom is 0.164 e. The van der Waals surface area contributed by atoms with Crippen LogP contribution in [0.2, 0.25) is 0 Å². The number of hydrogen-bond donors (Lipinski definition) is 0. The Morgan fingerprint density at radius 3 is 0.642 bits per heavy atom. The Bertz CT molecular complexity index is 6810. The lowest BCUT2D eigenvalue weighted by Gasteiger charge is -2.36. The first kappa shape index (κ1) is 73.2. The van der Waals surface area contributed by atoms with E-state index in [-0.39, 0.29) is 10.8 Å². The molecule has 0 amide bonds. The van der Waals surface area contributed by atoms with E-state index in [2.05, 4.69) is 328 Å². The summed E-state index contributed by atoms with van der Waals surface area (Å²) in [6.07, 6.45) is 13.0. The van der Waals surface area contributed by atoms with E-state index >= 15 is 0 Å². The zero-order valence-electron chi connectivity index (χ0n) is 66.9. The summed E-state index contributed by atoms with van der Waals surface area (Å²) < 4.78 is 0. The first-order chi connectivity index (χ1) is 59.4. The molecule has 4 aliphatic carbocycles. The SMILES string of the molecule is c1ccc(-c2cccc(-c3nc(-c4ccccc4)nc(-c4ccc(-c5cccc(-c6ccc(-c7ccc8c(c7)-c7ccccc7C87CCCCC7)cc6)c5)cc4)n3)c2)cc1.c1ccc(-c2cccc(-c3nc(-c4ccccc4)nc(-c4ccc(-c5cccc(-c6cccc(-c7ccc8c(c7)-c7ccccc7C87CCCCC7)c6)c5)cc4)n3)c2)cc1. The molecule has 2 fully saturated rings. The minimum absolute atomic E-state index is 0.179. The van der Waals surface area contributed by atoms with Gasteiger partial charge < -0.3 is 0 Å². The summed E-state index contributed by atoms with van der Waals surface area (Å²) in [7, 11) is 0. The molecule has 0 atom stereocenters. The minimum atomic E-state index is 0.179. The molecule has 22 rings (SSSR count). The Morgan fingerprint density at radius 2 is 0.325 bits per heavy atom. The van der Waals surface area contributed by atoms with Gasteiger partial charge in [-0.25, -0.2) is 29.9 Å². The number of hydrogen-bond acceptors (Lipinski definition) is 6. The molecular formula is C114H86N6. The van der Waals surface area contributed by atoms with Gasteiger partial charge in [0.05, 0.1) is 0 Å². The molecule has 0 bridgehead atoms. The van der Waals surface area contributed by atoms with E-state index in [0.717, 1.165) is 77.9 Å². The summed E-state index contributed by atoms with van der Waals surface area (Å²) in [5, 5.41) is 0. The normalized spacial score (nSPS) is 13.8. The van der Waals surface area contributed by atoms with E-state index in [1.807, 2.05) is 72.8 Å². The Labute approximate surface area is 702 Å². The van der Waals surface area contributed by atoms with Crippen LogP contribution in [-0.2, 0) is 10.8 Å². The zero-order valence-corrected chi connectivity index (χ0v) is 66.9. The molecule has 2 heterocycles. The fraction of sp³-hybridized carbons (Fsp3) is 0.105. The molecule has 18 aromatic rings. The third-order valence-corrected chi connectivity index (χ3v) is 25.5. The maximum atomic E-state index is 5.05. The molecule has 572 valence electrons. The van der Waals surface area contributed by atoms with Crippen LogP contribution < -0.4 is 0 Å². The number of benzene rings is 16. The molecule has 6 nitrogen and oxygen atoms in total. The predicted molar refractivity (Wildman–Crippen MR) is 494 cm³/mol. The Morgan fingerprint density at radius 1 is 0.133 bits per heavy atom. The third kappa shape index (κ3) is 14.1. The highest BCUT2D eigenvalue weighted by Gasteiger charge is 2.45. The van der Waals surface area contributed by atoms with Crippen LogP contribution in [0.3, 0.4) is 0 Å². The summed E-state index contributed by atoms with van der Waals surface area (Å²) in [5.41, 5.74) is 36.9. The van der Waals surface area contributed by atoms with Crippen LogP contribution in [0.1, 0.15) is 86.5 Å². The largest absolute Gasteiger partial charge is 0.208 e. The van der Waals surface area contributed by atoms with E-state index in [9.17, 15) is 0 Å². The van der Waals surface area contributed by atoms with Crippen molar-refractivity contribution in [2.75, 3.05) is 0 Å². The van der Waals surface area contributed by atoms with Crippen molar-refractivity contribution in [3.8, 4) is 180 Å². The number of rotatable bonds is 14. The van der Waals surface area contributed by atoms with Gasteiger partial charge in [0.1, 0.15) is 0 Å². The van der Waals surface area contributed by atoms with Gasteiger partial charge in [-0.2, -0.15) is 0 Å². The van der Waals surface area contributed by atoms with Gasteiger partial charge in [0.25, 0.3) is 0 Å². The molecule has 0 aliphatic heterocycles. The van der Waals surface area contributed by atoms with Gasteiger partial charge in [0.15, 0.2) is 34.9 Å². The minimum Gasteiger partial charge on any atom is -0.208 e. The average Bonchev–Trinajstić information content (AvgIpc) is 1.57. The van der Waals surface area contributed by atoms with Crippen molar-refractivity contribution in [1.82, 2.24) is 29.9 Å². The lowest BCUT2D eigenvalue weighted by Crippen LogP contribution is -2.27. The van der Waals surface area contributed by atoms with Crippen LogP contribution in [0.25, 0.3) is 180 Å². The summed E-state index contributed by atoms with van der Waals surface area (Å²) in [4.78, 5) is 30.0. The molecule has 16 aromatic carbocycles. The number of aromatic nitrogens is 6. The Kier molecular flexibility index (Phi) is 19.4. The highest BCUT2D eigenvalue weighted by Crippen LogP contribution is 2.58. The number of nitrogens with zero attached hydrogens (tertiary/aromatic N) is 6. The average molecular weight is 1540 g/mol. The van der Waals surface area contributed by atoms with Crippen molar-refractivity contribution in [3.63, 3.8) is 0 Å². The zero-order chi connectivity index (χ0) is 79.8. The summed E-state index contributed by atoms with van der Waals surface area (Å²) in [6, 6.07) is 144. The van der Waals surface area contributed by atoms with E-state index in [0.29, 0.717) is 34.9 Å². The molecule has 4 aliphatic rings. The first-order valence-electron chi connectivity index (χ1n) is 42.4. The predicted octanol–water partition coefficient (Wildman–Crippen LogP) is 29.5. The first-order valence-corrected chi connectivity index (χ1v) is 42.4. The van der Waals surface area contributed by atoms with Crippen molar-refractivity contribution in [1.29, 1.82) is 0 Å². The van der Waals surface area contributed by atoms with Crippen molar-refractivity contribution in [2.45, 2.75) is 75.0 Å². The molecule has 0 radical (unpaired) electrons. The van der Waals surface area contributed by atoms with Gasteiger partial charge in [0, 0.05) is 44.2 Å². The third-order valence-electron chi connectivity index (χ3n) is 25.5. The van der Waals surface area contributed by atoms with E-state index < -0.39 is 0 Å². The molecule has 6 heteroatoms. The monoisotopic (exact) mass is 1540 g/mol. The van der Waals surface area contributed by atoms with E-state index in [4.69, 9.17) is 29.9 Å². The summed E-state index contributed by atoms with van der Waals surface area (Å²) in [6.45, 7) is 0. The Balaban J connectivity index is 0.000000148. The second-order valence-electron chi connectivity index (χ2n) is 32.6. The van der Waals surface area contributed by atoms with Gasteiger partial charge in [-0.05, 0) is 202 Å². The van der Waals surface area contributed by atoms with Gasteiger partial charge in [0.2, 0.25) is 0 Å². The fourth-order valence-electron chi connectivity index (χ4n) is 19.4. The smallest absolute Gasteiger partial charge is 0.164 e. The van der Waals surface area contributed by atoms with Crippen LogP contribution >= 0.6 is 0 Å². The van der Waals surface area contributed by atoms with Gasteiger partial charge in [-0.1, -0.05) is 396 Å². The van der Waals surface area contributed by atoms with Gasteiger partial charge >= 0.3 is 0 Å². The molecule has 0 N–H and O–H groups in total. The van der Waals surface area contributed by atoms with Crippen LogP contribution in [0.4, 0.5) is 0 Å². The highest BCUT2D eigenvalue weighted by molar-refractivity contribution is 5.89. The highest BCUT2D eigenvalue weighted by atomic mass is 15.0. The molecule has 120 heavy (non-hydrogen) atoms. The maximum absolute atomic E-state index is 5.05. The van der Waals surface area contributed by atoms with Crippen molar-refractivity contribution < 1.29 is 0 Å². The summed E-state index contributed by atoms with van der Waals surface area (Å²) >= 11 is 0. The number of fused-ring (bicyclic) bond motifs is 10. The standard InChI is InChI=1S/2C57H43N3/c1-4-15-39(16-5-1)44-20-14-24-49(37-44)56-59-54(41-17-6-2-7-18-41)58-55(60-56)42-29-27-40(28-30-42)43-19-12-21-45(35-43)46-22-13-23-47(36-46)48-31-32-53-51(38-48)50-25-8-9-26-52(50)57(53)33-10-3-11-34-57;1-4-14-39(15-5-1)47-20-13-21-49(37-47)56-59-54(43-16-6-2-7-17-43)58-55(60-56)44-30-28-41(29-31-44)46-19-12-18-45(36-46)40-24-26-42(27-25-40)48-32-33-53-51(38-48)50-22-8-9-23-52(50)57(53)34-10-3-11-35-57/h1-2,4-9,12-32,35-38H,3,10-11,33-34H2;1-2,4-9,12-33,36-38H,3,10-11,34-35H2. The quantitative estimate of drug-likeness (QED) is 0.108. The van der Waals surface area contributed by atoms with Gasteiger partial charge in [-0.3, -0.25) is 0 Å². The van der Waals surface area contributed by atoms with E-state index in [1.165, 1.54) is 148 Å². The second-order valence-corrected chi connectivity index (χ2v) is 32.6. The fourth-order valence-corrected chi connectivity index (χ4v) is 19.4. The van der Waals surface area contributed by atoms with Crippen LogP contribution in [0.5, 0.6) is 0 Å². The Hall–Kier alpha value is -14.5. The lowest BCUT2D eigenvalue weighted by atomic mass is 9.68. The van der Waals surface area contributed by atoms with Crippen molar-refractivity contribution >= 4 is 0 Å². The van der Waals surface area contributed by atoms with E-state index in [1.54, 1.807) is 5.56 Å². The molecule has 2 spiro atoms. The molecule has 0 saturated heterocycles. The van der Waals surface area contributed by atoms with Crippen LogP contribution in [0, 0.1) is 0 Å². The molecule has 0 unspecified atom stereocenters. The lowest BCUT2D eigenvalue weighted by molar-refractivity contribution is 0.353. The molecule has 2 aromatic heterocycles.